The third kappa shape index (κ3) is 10.7. The molecule has 0 saturated carbocycles. The molecule has 0 atom stereocenters. The van der Waals surface area contributed by atoms with E-state index in [9.17, 15) is 9.59 Å². The van der Waals surface area contributed by atoms with E-state index in [1.54, 1.807) is 38.6 Å². The normalized spacial score (nSPS) is 12.5. The fraction of sp³-hybridized carbons (Fsp3) is 0.704. The number of hydrogen-bond donors (Lipinski definition) is 0. The van der Waals surface area contributed by atoms with Crippen molar-refractivity contribution in [1.82, 2.24) is 19.1 Å². The topological polar surface area (TPSA) is 107 Å². The Bertz CT molecular complexity index is 959. The Morgan fingerprint density at radius 3 is 1.46 bits per heavy atom. The number of imidazole rings is 2. The van der Waals surface area contributed by atoms with E-state index in [0.29, 0.717) is 24.9 Å². The lowest BCUT2D eigenvalue weighted by Crippen LogP contribution is -2.47. The van der Waals surface area contributed by atoms with Gasteiger partial charge in [0.1, 0.15) is 25.1 Å². The molecule has 2 aromatic rings. The van der Waals surface area contributed by atoms with E-state index in [0.717, 1.165) is 12.1 Å². The molecule has 0 N–H and O–H groups in total. The number of rotatable bonds is 18. The second-order valence-corrected chi connectivity index (χ2v) is 23.4. The monoisotopic (exact) mass is 580 g/mol. The summed E-state index contributed by atoms with van der Waals surface area (Å²) >= 11 is 0. The van der Waals surface area contributed by atoms with Crippen LogP contribution in [0.25, 0.3) is 0 Å². The van der Waals surface area contributed by atoms with E-state index in [2.05, 4.69) is 49.3 Å². The fourth-order valence-corrected chi connectivity index (χ4v) is 5.36. The third-order valence-electron chi connectivity index (χ3n) is 6.31. The van der Waals surface area contributed by atoms with Crippen LogP contribution in [-0.4, -0.2) is 73.6 Å². The summed E-state index contributed by atoms with van der Waals surface area (Å²) in [6.07, 6.45) is 6.84. The number of esters is 2. The van der Waals surface area contributed by atoms with Crippen LogP contribution in [0.1, 0.15) is 25.5 Å². The molecule has 0 aliphatic rings. The average molecular weight is 581 g/mol. The van der Waals surface area contributed by atoms with Crippen molar-refractivity contribution in [1.29, 1.82) is 0 Å². The maximum absolute atomic E-state index is 13.5. The molecular formula is C27H48N4O6Si2. The largest absolute Gasteiger partial charge is 0.465 e. The van der Waals surface area contributed by atoms with Crippen LogP contribution < -0.4 is 0 Å². The Morgan fingerprint density at radius 1 is 0.744 bits per heavy atom. The minimum absolute atomic E-state index is 0.0155. The average Bonchev–Trinajstić information content (AvgIpc) is 3.47. The van der Waals surface area contributed by atoms with Gasteiger partial charge in [0.25, 0.3) is 0 Å². The molecule has 12 heteroatoms. The van der Waals surface area contributed by atoms with E-state index < -0.39 is 33.5 Å². The zero-order valence-corrected chi connectivity index (χ0v) is 27.1. The van der Waals surface area contributed by atoms with Crippen LogP contribution in [0, 0.1) is 5.41 Å². The first-order valence-corrected chi connectivity index (χ1v) is 21.2. The summed E-state index contributed by atoms with van der Waals surface area (Å²) in [6.45, 7) is 19.3. The first kappa shape index (κ1) is 32.9. The van der Waals surface area contributed by atoms with Gasteiger partial charge in [-0.15, -0.1) is 0 Å². The van der Waals surface area contributed by atoms with Crippen molar-refractivity contribution in [2.24, 2.45) is 5.41 Å². The first-order chi connectivity index (χ1) is 18.3. The van der Waals surface area contributed by atoms with Crippen molar-refractivity contribution in [3.8, 4) is 0 Å². The Kier molecular flexibility index (Phi) is 12.6. The summed E-state index contributed by atoms with van der Waals surface area (Å²) in [5.74, 6) is -0.249. The van der Waals surface area contributed by atoms with Gasteiger partial charge < -0.3 is 28.1 Å². The summed E-state index contributed by atoms with van der Waals surface area (Å²) < 4.78 is 26.4. The van der Waals surface area contributed by atoms with Gasteiger partial charge in [0.15, 0.2) is 5.41 Å². The number of aromatic nitrogens is 4. The van der Waals surface area contributed by atoms with Crippen molar-refractivity contribution in [2.75, 3.05) is 26.4 Å². The van der Waals surface area contributed by atoms with Gasteiger partial charge in [0, 0.05) is 67.0 Å². The van der Waals surface area contributed by atoms with Gasteiger partial charge in [-0.05, 0) is 25.9 Å². The first-order valence-electron chi connectivity index (χ1n) is 13.8. The summed E-state index contributed by atoms with van der Waals surface area (Å²) in [7, 11) is -2.47. The van der Waals surface area contributed by atoms with Crippen molar-refractivity contribution >= 4 is 28.1 Å². The zero-order chi connectivity index (χ0) is 29.1. The highest BCUT2D eigenvalue weighted by atomic mass is 28.3. The highest BCUT2D eigenvalue weighted by Gasteiger charge is 2.51. The quantitative estimate of drug-likeness (QED) is 0.109. The van der Waals surface area contributed by atoms with Gasteiger partial charge in [-0.25, -0.2) is 9.97 Å². The molecule has 0 aliphatic heterocycles. The number of carbonyl (C=O) groups is 2. The van der Waals surface area contributed by atoms with Crippen LogP contribution in [-0.2, 0) is 54.8 Å². The molecule has 10 nitrogen and oxygen atoms in total. The smallest absolute Gasteiger partial charge is 0.324 e. The molecule has 0 unspecified atom stereocenters. The van der Waals surface area contributed by atoms with Crippen LogP contribution in [0.5, 0.6) is 0 Å². The van der Waals surface area contributed by atoms with Crippen LogP contribution >= 0.6 is 0 Å². The lowest BCUT2D eigenvalue weighted by Gasteiger charge is -2.29. The molecule has 0 bridgehead atoms. The Morgan fingerprint density at radius 2 is 1.13 bits per heavy atom. The van der Waals surface area contributed by atoms with Gasteiger partial charge in [0.2, 0.25) is 0 Å². The molecule has 2 aromatic heterocycles. The summed E-state index contributed by atoms with van der Waals surface area (Å²) in [5, 5.41) is 0. The van der Waals surface area contributed by atoms with Gasteiger partial charge in [-0.1, -0.05) is 39.3 Å². The van der Waals surface area contributed by atoms with E-state index >= 15 is 0 Å². The summed E-state index contributed by atoms with van der Waals surface area (Å²) in [6, 6.07) is 2.07. The van der Waals surface area contributed by atoms with Crippen LogP contribution in [0.2, 0.25) is 51.4 Å². The van der Waals surface area contributed by atoms with Gasteiger partial charge in [0.05, 0.1) is 13.2 Å². The minimum atomic E-state index is -1.67. The minimum Gasteiger partial charge on any atom is -0.465 e. The Balaban J connectivity index is 2.33. The Labute approximate surface area is 235 Å². The van der Waals surface area contributed by atoms with Crippen LogP contribution in [0.4, 0.5) is 0 Å². The summed E-state index contributed by atoms with van der Waals surface area (Å²) in [5.41, 5.74) is -1.67. The van der Waals surface area contributed by atoms with Crippen molar-refractivity contribution in [3.63, 3.8) is 0 Å². The molecule has 39 heavy (non-hydrogen) atoms. The fourth-order valence-electron chi connectivity index (χ4n) is 3.84. The predicted octanol–water partition coefficient (Wildman–Crippen LogP) is 4.60. The highest BCUT2D eigenvalue weighted by molar-refractivity contribution is 6.76. The van der Waals surface area contributed by atoms with Crippen LogP contribution in [0.15, 0.2) is 24.8 Å². The molecule has 0 aliphatic carbocycles. The molecule has 0 spiro atoms. The second-order valence-electron chi connectivity index (χ2n) is 12.2. The molecular weight excluding hydrogens is 532 g/mol. The van der Waals surface area contributed by atoms with Gasteiger partial charge in [-0.3, -0.25) is 9.59 Å². The third-order valence-corrected chi connectivity index (χ3v) is 9.72. The van der Waals surface area contributed by atoms with Gasteiger partial charge >= 0.3 is 11.9 Å². The number of carbonyl (C=O) groups excluding carboxylic acids is 2. The standard InChI is InChI=1S/C27H48N4O6Si2/c1-9-36-25(32)27(26(33)37-10-2,19-23-28-11-13-30(23)21-34-15-17-38(3,4)5)20-24-29-12-14-31(24)22-35-16-18-39(6,7)8/h11-14H,9-10,15-22H2,1-8H3. The van der Waals surface area contributed by atoms with Crippen molar-refractivity contribution in [3.05, 3.63) is 36.4 Å². The van der Waals surface area contributed by atoms with E-state index in [1.165, 1.54) is 0 Å². The van der Waals surface area contributed by atoms with Crippen LogP contribution in [0.3, 0.4) is 0 Å². The molecule has 0 saturated heterocycles. The maximum Gasteiger partial charge on any atom is 0.324 e. The van der Waals surface area contributed by atoms with E-state index in [4.69, 9.17) is 18.9 Å². The highest BCUT2D eigenvalue weighted by Crippen LogP contribution is 2.31. The molecule has 2 rings (SSSR count). The number of ether oxygens (including phenoxy) is 4. The molecule has 0 fully saturated rings. The number of hydrogen-bond acceptors (Lipinski definition) is 8. The predicted molar refractivity (Wildman–Crippen MR) is 156 cm³/mol. The Hall–Kier alpha value is -2.29. The molecule has 0 aromatic carbocycles. The van der Waals surface area contributed by atoms with Crippen molar-refractivity contribution in [2.45, 2.75) is 91.5 Å². The lowest BCUT2D eigenvalue weighted by atomic mass is 9.80. The zero-order valence-electron chi connectivity index (χ0n) is 25.1. The van der Waals surface area contributed by atoms with Crippen molar-refractivity contribution < 1.29 is 28.5 Å². The summed E-state index contributed by atoms with van der Waals surface area (Å²) in [4.78, 5) is 36.0. The van der Waals surface area contributed by atoms with Gasteiger partial charge in [-0.2, -0.15) is 0 Å². The molecule has 2 heterocycles. The molecule has 220 valence electrons. The van der Waals surface area contributed by atoms with E-state index in [1.807, 2.05) is 9.13 Å². The SMILES string of the molecule is CCOC(=O)C(Cc1nccn1COCC[Si](C)(C)C)(Cc1nccn1COCC[Si](C)(C)C)C(=O)OCC. The maximum atomic E-state index is 13.5. The number of nitrogens with zero attached hydrogens (tertiary/aromatic N) is 4. The second kappa shape index (κ2) is 14.9. The molecule has 0 radical (unpaired) electrons. The van der Waals surface area contributed by atoms with E-state index in [-0.39, 0.29) is 39.5 Å². The lowest BCUT2D eigenvalue weighted by molar-refractivity contribution is -0.172. The molecule has 0 amide bonds.